The van der Waals surface area contributed by atoms with Gasteiger partial charge in [0.25, 0.3) is 0 Å². The van der Waals surface area contributed by atoms with Gasteiger partial charge < -0.3 is 16.2 Å². The van der Waals surface area contributed by atoms with E-state index in [1.54, 1.807) is 30.5 Å². The van der Waals surface area contributed by atoms with Crippen LogP contribution in [0.2, 0.25) is 5.02 Å². The molecule has 1 heterocycles. The van der Waals surface area contributed by atoms with Gasteiger partial charge in [-0.15, -0.1) is 0 Å². The molecule has 1 aromatic heterocycles. The number of phenolic OH excluding ortho intramolecular Hbond substituents is 1. The van der Waals surface area contributed by atoms with Crippen molar-refractivity contribution in [1.29, 1.82) is 0 Å². The van der Waals surface area contributed by atoms with Crippen LogP contribution < -0.4 is 11.1 Å². The SMILES string of the molecule is Nc1ncc(Sc2ccc(Cl)cc2)c(Nc2ccc(O)cc2)n1. The molecule has 23 heavy (non-hydrogen) atoms. The number of rotatable bonds is 4. The number of aromatic hydroxyl groups is 1. The van der Waals surface area contributed by atoms with Gasteiger partial charge in [-0.1, -0.05) is 23.4 Å². The lowest BCUT2D eigenvalue weighted by Crippen LogP contribution is -2.01. The maximum Gasteiger partial charge on any atom is 0.222 e. The van der Waals surface area contributed by atoms with Crippen LogP contribution in [0.4, 0.5) is 17.5 Å². The van der Waals surface area contributed by atoms with E-state index in [-0.39, 0.29) is 11.7 Å². The van der Waals surface area contributed by atoms with E-state index in [0.717, 1.165) is 15.5 Å². The number of phenols is 1. The number of nitrogens with zero attached hydrogens (tertiary/aromatic N) is 2. The first kappa shape index (κ1) is 15.5. The van der Waals surface area contributed by atoms with E-state index in [9.17, 15) is 5.11 Å². The van der Waals surface area contributed by atoms with Gasteiger partial charge in [0, 0.05) is 21.8 Å². The molecule has 7 heteroatoms. The summed E-state index contributed by atoms with van der Waals surface area (Å²) in [7, 11) is 0. The molecule has 0 saturated heterocycles. The summed E-state index contributed by atoms with van der Waals surface area (Å²) >= 11 is 7.41. The lowest BCUT2D eigenvalue weighted by Gasteiger charge is -2.11. The van der Waals surface area contributed by atoms with Crippen molar-refractivity contribution < 1.29 is 5.11 Å². The van der Waals surface area contributed by atoms with Crippen molar-refractivity contribution >= 4 is 40.8 Å². The second-order valence-corrected chi connectivity index (χ2v) is 6.22. The lowest BCUT2D eigenvalue weighted by atomic mass is 10.3. The van der Waals surface area contributed by atoms with Gasteiger partial charge in [0.05, 0.1) is 4.90 Å². The molecule has 0 aliphatic heterocycles. The molecular formula is C16H13ClN4OS. The largest absolute Gasteiger partial charge is 0.508 e. The standard InChI is InChI=1S/C16H13ClN4OS/c17-10-1-7-13(8-2-10)23-14-9-19-16(18)21-15(14)20-11-3-5-12(22)6-4-11/h1-9,22H,(H3,18,19,20,21). The van der Waals surface area contributed by atoms with Crippen LogP contribution in [0.5, 0.6) is 5.75 Å². The van der Waals surface area contributed by atoms with Crippen molar-refractivity contribution in [3.05, 3.63) is 59.8 Å². The maximum absolute atomic E-state index is 9.35. The van der Waals surface area contributed by atoms with Gasteiger partial charge in [-0.3, -0.25) is 0 Å². The third kappa shape index (κ3) is 4.06. The van der Waals surface area contributed by atoms with Crippen LogP contribution in [0, 0.1) is 0 Å². The third-order valence-corrected chi connectivity index (χ3v) is 4.22. The summed E-state index contributed by atoms with van der Waals surface area (Å²) in [6.07, 6.45) is 1.67. The summed E-state index contributed by atoms with van der Waals surface area (Å²) < 4.78 is 0. The minimum absolute atomic E-state index is 0.187. The van der Waals surface area contributed by atoms with Gasteiger partial charge in [-0.05, 0) is 48.5 Å². The summed E-state index contributed by atoms with van der Waals surface area (Å²) in [6, 6.07) is 14.2. The summed E-state index contributed by atoms with van der Waals surface area (Å²) in [4.78, 5) is 10.1. The van der Waals surface area contributed by atoms with E-state index in [2.05, 4.69) is 15.3 Å². The van der Waals surface area contributed by atoms with Gasteiger partial charge in [0.2, 0.25) is 5.95 Å². The lowest BCUT2D eigenvalue weighted by molar-refractivity contribution is 0.475. The molecular weight excluding hydrogens is 332 g/mol. The molecule has 0 unspecified atom stereocenters. The summed E-state index contributed by atoms with van der Waals surface area (Å²) in [5.74, 6) is 0.989. The van der Waals surface area contributed by atoms with Crippen LogP contribution in [0.25, 0.3) is 0 Å². The molecule has 0 saturated carbocycles. The fraction of sp³-hybridized carbons (Fsp3) is 0. The number of nitrogens with two attached hydrogens (primary N) is 1. The van der Waals surface area contributed by atoms with E-state index in [1.165, 1.54) is 11.8 Å². The number of nitrogen functional groups attached to an aromatic ring is 1. The van der Waals surface area contributed by atoms with Crippen LogP contribution in [-0.4, -0.2) is 15.1 Å². The second-order valence-electron chi connectivity index (χ2n) is 4.67. The normalized spacial score (nSPS) is 10.5. The molecule has 116 valence electrons. The first-order valence-electron chi connectivity index (χ1n) is 6.72. The van der Waals surface area contributed by atoms with Crippen molar-refractivity contribution in [3.8, 4) is 5.75 Å². The highest BCUT2D eigenvalue weighted by Gasteiger charge is 2.09. The fourth-order valence-electron chi connectivity index (χ4n) is 1.86. The Labute approximate surface area is 142 Å². The number of aromatic nitrogens is 2. The molecule has 0 spiro atoms. The molecule has 0 amide bonds. The van der Waals surface area contributed by atoms with Crippen LogP contribution in [0.3, 0.4) is 0 Å². The molecule has 2 aromatic carbocycles. The minimum atomic E-state index is 0.187. The van der Waals surface area contributed by atoms with E-state index in [4.69, 9.17) is 17.3 Å². The Balaban J connectivity index is 1.88. The van der Waals surface area contributed by atoms with Crippen molar-refractivity contribution in [2.24, 2.45) is 0 Å². The molecule has 5 nitrogen and oxygen atoms in total. The maximum atomic E-state index is 9.35. The Morgan fingerprint density at radius 1 is 1.04 bits per heavy atom. The van der Waals surface area contributed by atoms with Crippen molar-refractivity contribution in [1.82, 2.24) is 9.97 Å². The Morgan fingerprint density at radius 3 is 2.43 bits per heavy atom. The predicted octanol–water partition coefficient (Wildman–Crippen LogP) is 4.31. The molecule has 0 radical (unpaired) electrons. The van der Waals surface area contributed by atoms with E-state index < -0.39 is 0 Å². The number of hydrogen-bond donors (Lipinski definition) is 3. The summed E-state index contributed by atoms with van der Waals surface area (Å²) in [5, 5.41) is 13.2. The smallest absolute Gasteiger partial charge is 0.222 e. The van der Waals surface area contributed by atoms with Crippen LogP contribution in [0.1, 0.15) is 0 Å². The second kappa shape index (κ2) is 6.76. The van der Waals surface area contributed by atoms with Crippen molar-refractivity contribution in [2.75, 3.05) is 11.1 Å². The first-order valence-corrected chi connectivity index (χ1v) is 7.91. The first-order chi connectivity index (χ1) is 11.1. The van der Waals surface area contributed by atoms with E-state index in [0.29, 0.717) is 10.8 Å². The molecule has 0 aliphatic carbocycles. The third-order valence-electron chi connectivity index (χ3n) is 2.95. The summed E-state index contributed by atoms with van der Waals surface area (Å²) in [6.45, 7) is 0. The fourth-order valence-corrected chi connectivity index (χ4v) is 2.81. The number of benzene rings is 2. The highest BCUT2D eigenvalue weighted by Crippen LogP contribution is 2.34. The van der Waals surface area contributed by atoms with Crippen molar-refractivity contribution in [2.45, 2.75) is 9.79 Å². The van der Waals surface area contributed by atoms with Crippen LogP contribution in [-0.2, 0) is 0 Å². The molecule has 0 bridgehead atoms. The summed E-state index contributed by atoms with van der Waals surface area (Å²) in [5.41, 5.74) is 6.48. The van der Waals surface area contributed by atoms with Crippen LogP contribution in [0.15, 0.2) is 64.5 Å². The molecule has 0 aliphatic rings. The van der Waals surface area contributed by atoms with Crippen LogP contribution >= 0.6 is 23.4 Å². The van der Waals surface area contributed by atoms with E-state index in [1.807, 2.05) is 24.3 Å². The zero-order chi connectivity index (χ0) is 16.2. The molecule has 3 rings (SSSR count). The van der Waals surface area contributed by atoms with Gasteiger partial charge in [-0.25, -0.2) is 4.98 Å². The topological polar surface area (TPSA) is 84.1 Å². The monoisotopic (exact) mass is 344 g/mol. The number of anilines is 3. The Kier molecular flexibility index (Phi) is 4.55. The van der Waals surface area contributed by atoms with Gasteiger partial charge >= 0.3 is 0 Å². The molecule has 0 atom stereocenters. The van der Waals surface area contributed by atoms with Gasteiger partial charge in [0.1, 0.15) is 11.6 Å². The average Bonchev–Trinajstić information content (AvgIpc) is 2.54. The van der Waals surface area contributed by atoms with E-state index >= 15 is 0 Å². The Morgan fingerprint density at radius 2 is 1.74 bits per heavy atom. The van der Waals surface area contributed by atoms with Crippen molar-refractivity contribution in [3.63, 3.8) is 0 Å². The highest BCUT2D eigenvalue weighted by atomic mass is 35.5. The Bertz CT molecular complexity index is 809. The number of hydrogen-bond acceptors (Lipinski definition) is 6. The Hall–Kier alpha value is -2.44. The minimum Gasteiger partial charge on any atom is -0.508 e. The molecule has 3 aromatic rings. The average molecular weight is 345 g/mol. The zero-order valence-electron chi connectivity index (χ0n) is 11.9. The zero-order valence-corrected chi connectivity index (χ0v) is 13.5. The quantitative estimate of drug-likeness (QED) is 0.611. The molecule has 0 fully saturated rings. The number of halogens is 1. The molecule has 4 N–H and O–H groups in total. The van der Waals surface area contributed by atoms with Gasteiger partial charge in [0.15, 0.2) is 0 Å². The highest BCUT2D eigenvalue weighted by molar-refractivity contribution is 7.99. The predicted molar refractivity (Wildman–Crippen MR) is 93.4 cm³/mol. The number of nitrogens with one attached hydrogen (secondary N) is 1. The van der Waals surface area contributed by atoms with Gasteiger partial charge in [-0.2, -0.15) is 4.98 Å².